The van der Waals surface area contributed by atoms with Gasteiger partial charge in [-0.2, -0.15) is 0 Å². The lowest BCUT2D eigenvalue weighted by molar-refractivity contribution is -0.385. The molecule has 2 rings (SSSR count). The Hall–Kier alpha value is -3.46. The molecule has 0 bridgehead atoms. The van der Waals surface area contributed by atoms with Crippen molar-refractivity contribution in [3.05, 3.63) is 68.7 Å². The van der Waals surface area contributed by atoms with Gasteiger partial charge in [-0.15, -0.1) is 0 Å². The number of carbonyl (C=O) groups is 3. The molecule has 0 saturated heterocycles. The van der Waals surface area contributed by atoms with Crippen LogP contribution in [0.2, 0.25) is 5.02 Å². The van der Waals surface area contributed by atoms with Gasteiger partial charge in [0.1, 0.15) is 5.56 Å². The van der Waals surface area contributed by atoms with Crippen LogP contribution in [0.4, 0.5) is 11.4 Å². The molecule has 0 heterocycles. The van der Waals surface area contributed by atoms with E-state index in [1.54, 1.807) is 0 Å². The maximum atomic E-state index is 12.0. The predicted octanol–water partition coefficient (Wildman–Crippen LogP) is 2.40. The number of carbonyl (C=O) groups excluding carboxylic acids is 3. The number of nitrogens with one attached hydrogen (secondary N) is 2. The van der Waals surface area contributed by atoms with E-state index in [-0.39, 0.29) is 16.5 Å². The summed E-state index contributed by atoms with van der Waals surface area (Å²) < 4.78 is 4.81. The summed E-state index contributed by atoms with van der Waals surface area (Å²) in [7, 11) is 1.50. The van der Waals surface area contributed by atoms with Gasteiger partial charge in [-0.1, -0.05) is 11.6 Å². The van der Waals surface area contributed by atoms with Crippen molar-refractivity contribution in [3.8, 4) is 0 Å². The third kappa shape index (κ3) is 5.25. The average Bonchev–Trinajstić information content (AvgIpc) is 2.65. The summed E-state index contributed by atoms with van der Waals surface area (Å²) in [5.41, 5.74) is -0.0301. The lowest BCUT2D eigenvalue weighted by Gasteiger charge is -2.08. The van der Waals surface area contributed by atoms with Crippen molar-refractivity contribution in [1.82, 2.24) is 5.32 Å². The van der Waals surface area contributed by atoms with E-state index in [9.17, 15) is 24.5 Å². The average molecular weight is 392 g/mol. The zero-order valence-electron chi connectivity index (χ0n) is 14.0. The highest BCUT2D eigenvalue weighted by Gasteiger charge is 2.22. The molecule has 0 fully saturated rings. The SMILES string of the molecule is CNC(=O)c1ccc(NC(=O)COC(=O)c2cc(Cl)ccc2[N+](=O)[O-])cc1. The fourth-order valence-electron chi connectivity index (χ4n) is 2.09. The molecule has 0 aliphatic heterocycles. The molecule has 2 aromatic carbocycles. The van der Waals surface area contributed by atoms with E-state index in [1.165, 1.54) is 37.4 Å². The first-order valence-corrected chi connectivity index (χ1v) is 7.92. The van der Waals surface area contributed by atoms with E-state index in [0.717, 1.165) is 12.1 Å². The van der Waals surface area contributed by atoms with E-state index in [0.29, 0.717) is 11.3 Å². The van der Waals surface area contributed by atoms with Gasteiger partial charge >= 0.3 is 5.97 Å². The summed E-state index contributed by atoms with van der Waals surface area (Å²) in [5, 5.41) is 16.0. The number of nitro groups is 1. The molecule has 140 valence electrons. The Labute approximate surface area is 158 Å². The molecule has 0 aliphatic rings. The van der Waals surface area contributed by atoms with Crippen LogP contribution < -0.4 is 10.6 Å². The second-order valence-electron chi connectivity index (χ2n) is 5.20. The second-order valence-corrected chi connectivity index (χ2v) is 5.64. The van der Waals surface area contributed by atoms with Crippen molar-refractivity contribution < 1.29 is 24.0 Å². The molecule has 27 heavy (non-hydrogen) atoms. The monoisotopic (exact) mass is 391 g/mol. The normalized spacial score (nSPS) is 10.0. The molecule has 0 saturated carbocycles. The van der Waals surface area contributed by atoms with Gasteiger partial charge in [0.25, 0.3) is 17.5 Å². The number of hydrogen-bond donors (Lipinski definition) is 2. The lowest BCUT2D eigenvalue weighted by atomic mass is 10.2. The highest BCUT2D eigenvalue weighted by molar-refractivity contribution is 6.31. The number of anilines is 1. The minimum absolute atomic E-state index is 0.119. The Morgan fingerprint density at radius 1 is 1.15 bits per heavy atom. The lowest BCUT2D eigenvalue weighted by Crippen LogP contribution is -2.21. The number of nitrogens with zero attached hydrogens (tertiary/aromatic N) is 1. The van der Waals surface area contributed by atoms with Crippen molar-refractivity contribution in [2.45, 2.75) is 0 Å². The minimum Gasteiger partial charge on any atom is -0.452 e. The standard InChI is InChI=1S/C17H14ClN3O6/c1-19-16(23)10-2-5-12(6-3-10)20-15(22)9-27-17(24)13-8-11(18)4-7-14(13)21(25)26/h2-8H,9H2,1H3,(H,19,23)(H,20,22). The summed E-state index contributed by atoms with van der Waals surface area (Å²) >= 11 is 5.74. The van der Waals surface area contributed by atoms with Gasteiger partial charge in [0.15, 0.2) is 6.61 Å². The van der Waals surface area contributed by atoms with Crippen molar-refractivity contribution in [2.75, 3.05) is 19.0 Å². The number of rotatable bonds is 6. The van der Waals surface area contributed by atoms with Crippen LogP contribution in [0.3, 0.4) is 0 Å². The Morgan fingerprint density at radius 3 is 2.41 bits per heavy atom. The predicted molar refractivity (Wildman–Crippen MR) is 96.9 cm³/mol. The number of halogens is 1. The minimum atomic E-state index is -1.05. The third-order valence-corrected chi connectivity index (χ3v) is 3.60. The number of benzene rings is 2. The molecule has 2 aromatic rings. The van der Waals surface area contributed by atoms with Crippen LogP contribution in [0.25, 0.3) is 0 Å². The number of esters is 1. The topological polar surface area (TPSA) is 128 Å². The largest absolute Gasteiger partial charge is 0.452 e. The number of ether oxygens (including phenoxy) is 1. The van der Waals surface area contributed by atoms with E-state index in [2.05, 4.69) is 10.6 Å². The van der Waals surface area contributed by atoms with Gasteiger partial charge in [0, 0.05) is 29.4 Å². The first-order chi connectivity index (χ1) is 12.8. The van der Waals surface area contributed by atoms with Crippen LogP contribution in [-0.2, 0) is 9.53 Å². The van der Waals surface area contributed by atoms with E-state index >= 15 is 0 Å². The maximum Gasteiger partial charge on any atom is 0.345 e. The Kier molecular flexibility index (Phi) is 6.45. The molecule has 0 aliphatic carbocycles. The summed E-state index contributed by atoms with van der Waals surface area (Å²) in [6, 6.07) is 9.47. The van der Waals surface area contributed by atoms with Crippen LogP contribution in [0.15, 0.2) is 42.5 Å². The smallest absolute Gasteiger partial charge is 0.345 e. The van der Waals surface area contributed by atoms with E-state index in [1.807, 2.05) is 0 Å². The molecule has 10 heteroatoms. The Balaban J connectivity index is 1.97. The van der Waals surface area contributed by atoms with Crippen LogP contribution in [0, 0.1) is 10.1 Å². The number of hydrogen-bond acceptors (Lipinski definition) is 6. The second kappa shape index (κ2) is 8.77. The summed E-state index contributed by atoms with van der Waals surface area (Å²) in [4.78, 5) is 45.6. The summed E-state index contributed by atoms with van der Waals surface area (Å²) in [5.74, 6) is -1.97. The van der Waals surface area contributed by atoms with Gasteiger partial charge in [0.05, 0.1) is 4.92 Å². The number of amides is 2. The van der Waals surface area contributed by atoms with E-state index < -0.39 is 29.1 Å². The van der Waals surface area contributed by atoms with E-state index in [4.69, 9.17) is 16.3 Å². The zero-order chi connectivity index (χ0) is 20.0. The molecule has 0 atom stereocenters. The van der Waals surface area contributed by atoms with Crippen molar-refractivity contribution >= 4 is 40.8 Å². The van der Waals surface area contributed by atoms with Gasteiger partial charge in [-0.25, -0.2) is 4.79 Å². The Bertz CT molecular complexity index is 898. The molecule has 2 amide bonds. The molecular weight excluding hydrogens is 378 g/mol. The first kappa shape index (κ1) is 19.9. The fourth-order valence-corrected chi connectivity index (χ4v) is 2.26. The van der Waals surface area contributed by atoms with Gasteiger partial charge in [-0.3, -0.25) is 19.7 Å². The van der Waals surface area contributed by atoms with Gasteiger partial charge in [-0.05, 0) is 36.4 Å². The van der Waals surface area contributed by atoms with Gasteiger partial charge < -0.3 is 15.4 Å². The highest BCUT2D eigenvalue weighted by atomic mass is 35.5. The zero-order valence-corrected chi connectivity index (χ0v) is 14.8. The molecule has 0 radical (unpaired) electrons. The van der Waals surface area contributed by atoms with Crippen molar-refractivity contribution in [1.29, 1.82) is 0 Å². The molecular formula is C17H14ClN3O6. The Morgan fingerprint density at radius 2 is 1.81 bits per heavy atom. The number of nitro benzene ring substituents is 1. The molecule has 0 spiro atoms. The van der Waals surface area contributed by atoms with Crippen molar-refractivity contribution in [3.63, 3.8) is 0 Å². The van der Waals surface area contributed by atoms with Crippen molar-refractivity contribution in [2.24, 2.45) is 0 Å². The molecule has 2 N–H and O–H groups in total. The first-order valence-electron chi connectivity index (χ1n) is 7.55. The van der Waals surface area contributed by atoms with Crippen LogP contribution >= 0.6 is 11.6 Å². The van der Waals surface area contributed by atoms with Gasteiger partial charge in [0.2, 0.25) is 0 Å². The third-order valence-electron chi connectivity index (χ3n) is 3.37. The molecule has 0 aromatic heterocycles. The molecule has 9 nitrogen and oxygen atoms in total. The summed E-state index contributed by atoms with van der Waals surface area (Å²) in [6.45, 7) is -0.653. The summed E-state index contributed by atoms with van der Waals surface area (Å²) in [6.07, 6.45) is 0. The quantitative estimate of drug-likeness (QED) is 0.442. The van der Waals surface area contributed by atoms with Crippen LogP contribution in [0.5, 0.6) is 0 Å². The molecule has 0 unspecified atom stereocenters. The maximum absolute atomic E-state index is 12.0. The fraction of sp³-hybridized carbons (Fsp3) is 0.118. The van der Waals surface area contributed by atoms with Crippen LogP contribution in [-0.4, -0.2) is 36.4 Å². The van der Waals surface area contributed by atoms with Crippen LogP contribution in [0.1, 0.15) is 20.7 Å². The highest BCUT2D eigenvalue weighted by Crippen LogP contribution is 2.23.